The average molecular weight is 293 g/mol. The van der Waals surface area contributed by atoms with Gasteiger partial charge in [-0.2, -0.15) is 0 Å². The van der Waals surface area contributed by atoms with E-state index in [4.69, 9.17) is 0 Å². The molecule has 0 aliphatic heterocycles. The molecule has 0 bridgehead atoms. The summed E-state index contributed by atoms with van der Waals surface area (Å²) in [6.45, 7) is 4.68. The third-order valence-electron chi connectivity index (χ3n) is 3.05. The summed E-state index contributed by atoms with van der Waals surface area (Å²) in [6.07, 6.45) is 5.72. The molecule has 0 aliphatic rings. The number of nitrogens with zero attached hydrogens (tertiary/aromatic N) is 3. The minimum Gasteiger partial charge on any atom is -0.370 e. The standard InChI is InChI=1S/C15H27N5O/c1-4-5-6-8-17-15(21)13-11-14(19-12-18-13)16-9-7-10-20(2)3/h11-12H,4-10H2,1-3H3,(H,17,21)(H,16,18,19). The molecule has 0 atom stereocenters. The van der Waals surface area contributed by atoms with E-state index < -0.39 is 0 Å². The van der Waals surface area contributed by atoms with Crippen LogP contribution in [0.25, 0.3) is 0 Å². The lowest BCUT2D eigenvalue weighted by molar-refractivity contribution is 0.0948. The first-order chi connectivity index (χ1) is 10.1. The normalized spacial score (nSPS) is 10.7. The van der Waals surface area contributed by atoms with Crippen LogP contribution < -0.4 is 10.6 Å². The molecule has 2 N–H and O–H groups in total. The Hall–Kier alpha value is -1.69. The maximum absolute atomic E-state index is 11.9. The van der Waals surface area contributed by atoms with Gasteiger partial charge in [-0.15, -0.1) is 0 Å². The van der Waals surface area contributed by atoms with E-state index in [1.807, 2.05) is 14.1 Å². The smallest absolute Gasteiger partial charge is 0.270 e. The van der Waals surface area contributed by atoms with Crippen LogP contribution in [0, 0.1) is 0 Å². The quantitative estimate of drug-likeness (QED) is 0.643. The zero-order valence-corrected chi connectivity index (χ0v) is 13.4. The van der Waals surface area contributed by atoms with Crippen molar-refractivity contribution >= 4 is 11.7 Å². The number of anilines is 1. The molecule has 6 heteroatoms. The highest BCUT2D eigenvalue weighted by atomic mass is 16.1. The molecule has 118 valence electrons. The Kier molecular flexibility index (Phi) is 8.35. The van der Waals surface area contributed by atoms with Crippen LogP contribution in [0.2, 0.25) is 0 Å². The number of aromatic nitrogens is 2. The van der Waals surface area contributed by atoms with E-state index in [2.05, 4.69) is 32.4 Å². The van der Waals surface area contributed by atoms with Gasteiger partial charge in [0.2, 0.25) is 0 Å². The third-order valence-corrected chi connectivity index (χ3v) is 3.05. The Bertz CT molecular complexity index is 422. The van der Waals surface area contributed by atoms with Gasteiger partial charge in [0, 0.05) is 19.2 Å². The molecule has 1 rings (SSSR count). The summed E-state index contributed by atoms with van der Waals surface area (Å²) in [4.78, 5) is 22.2. The van der Waals surface area contributed by atoms with Gasteiger partial charge in [0.15, 0.2) is 0 Å². The Labute approximate surface area is 127 Å². The fourth-order valence-corrected chi connectivity index (χ4v) is 1.86. The number of unbranched alkanes of at least 4 members (excludes halogenated alkanes) is 2. The van der Waals surface area contributed by atoms with E-state index in [-0.39, 0.29) is 5.91 Å². The molecule has 1 amide bonds. The number of hydrogen-bond acceptors (Lipinski definition) is 5. The molecule has 0 fully saturated rings. The van der Waals surface area contributed by atoms with Crippen LogP contribution in [0.3, 0.4) is 0 Å². The number of hydrogen-bond donors (Lipinski definition) is 2. The lowest BCUT2D eigenvalue weighted by Gasteiger charge is -2.10. The minimum atomic E-state index is -0.134. The zero-order chi connectivity index (χ0) is 15.5. The van der Waals surface area contributed by atoms with E-state index in [9.17, 15) is 4.79 Å². The third kappa shape index (κ3) is 7.60. The molecule has 0 unspecified atom stereocenters. The maximum atomic E-state index is 11.9. The summed E-state index contributed by atoms with van der Waals surface area (Å²) in [6, 6.07) is 1.70. The Morgan fingerprint density at radius 2 is 2.00 bits per heavy atom. The Morgan fingerprint density at radius 3 is 2.71 bits per heavy atom. The number of nitrogens with one attached hydrogen (secondary N) is 2. The predicted molar refractivity (Wildman–Crippen MR) is 85.6 cm³/mol. The highest BCUT2D eigenvalue weighted by Gasteiger charge is 2.07. The molecule has 0 radical (unpaired) electrons. The molecule has 0 aliphatic carbocycles. The lowest BCUT2D eigenvalue weighted by atomic mass is 10.2. The van der Waals surface area contributed by atoms with Crippen molar-refractivity contribution in [3.63, 3.8) is 0 Å². The molecule has 0 saturated carbocycles. The second-order valence-corrected chi connectivity index (χ2v) is 5.34. The summed E-state index contributed by atoms with van der Waals surface area (Å²) < 4.78 is 0. The van der Waals surface area contributed by atoms with E-state index in [1.54, 1.807) is 6.07 Å². The summed E-state index contributed by atoms with van der Waals surface area (Å²) in [5.41, 5.74) is 0.414. The van der Waals surface area contributed by atoms with Crippen molar-refractivity contribution in [3.05, 3.63) is 18.1 Å². The van der Waals surface area contributed by atoms with Crippen molar-refractivity contribution in [1.29, 1.82) is 0 Å². The number of rotatable bonds is 10. The largest absolute Gasteiger partial charge is 0.370 e. The highest BCUT2D eigenvalue weighted by Crippen LogP contribution is 2.04. The molecule has 1 aromatic rings. The summed E-state index contributed by atoms with van der Waals surface area (Å²) in [5, 5.41) is 6.09. The van der Waals surface area contributed by atoms with Gasteiger partial charge in [-0.1, -0.05) is 19.8 Å². The van der Waals surface area contributed by atoms with Gasteiger partial charge in [-0.3, -0.25) is 4.79 Å². The number of carbonyl (C=O) groups is 1. The van der Waals surface area contributed by atoms with Gasteiger partial charge in [0.25, 0.3) is 5.91 Å². The van der Waals surface area contributed by atoms with E-state index in [0.717, 1.165) is 38.8 Å². The number of amides is 1. The van der Waals surface area contributed by atoms with Crippen LogP contribution in [0.4, 0.5) is 5.82 Å². The van der Waals surface area contributed by atoms with Crippen LogP contribution in [0.15, 0.2) is 12.4 Å². The molecule has 0 aromatic carbocycles. The van der Waals surface area contributed by atoms with E-state index >= 15 is 0 Å². The van der Waals surface area contributed by atoms with Crippen molar-refractivity contribution in [1.82, 2.24) is 20.2 Å². The lowest BCUT2D eigenvalue weighted by Crippen LogP contribution is -2.25. The fraction of sp³-hybridized carbons (Fsp3) is 0.667. The molecule has 6 nitrogen and oxygen atoms in total. The van der Waals surface area contributed by atoms with Gasteiger partial charge < -0.3 is 15.5 Å². The predicted octanol–water partition coefficient (Wildman–Crippen LogP) is 1.76. The Morgan fingerprint density at radius 1 is 1.19 bits per heavy atom. The van der Waals surface area contributed by atoms with Crippen molar-refractivity contribution in [3.8, 4) is 0 Å². The molecule has 0 spiro atoms. The van der Waals surface area contributed by atoms with E-state index in [0.29, 0.717) is 18.1 Å². The average Bonchev–Trinajstić information content (AvgIpc) is 2.48. The Balaban J connectivity index is 2.38. The molecule has 1 aromatic heterocycles. The fourth-order valence-electron chi connectivity index (χ4n) is 1.86. The minimum absolute atomic E-state index is 0.134. The first kappa shape index (κ1) is 17.4. The SMILES string of the molecule is CCCCCNC(=O)c1cc(NCCCN(C)C)ncn1. The molecule has 1 heterocycles. The maximum Gasteiger partial charge on any atom is 0.270 e. The van der Waals surface area contributed by atoms with Crippen molar-refractivity contribution in [2.45, 2.75) is 32.6 Å². The van der Waals surface area contributed by atoms with Crippen LogP contribution >= 0.6 is 0 Å². The van der Waals surface area contributed by atoms with Gasteiger partial charge in [0.1, 0.15) is 17.8 Å². The highest BCUT2D eigenvalue weighted by molar-refractivity contribution is 5.92. The van der Waals surface area contributed by atoms with Crippen LogP contribution in [-0.4, -0.2) is 54.5 Å². The van der Waals surface area contributed by atoms with Gasteiger partial charge >= 0.3 is 0 Å². The molecular weight excluding hydrogens is 266 g/mol. The summed E-state index contributed by atoms with van der Waals surface area (Å²) >= 11 is 0. The first-order valence-corrected chi connectivity index (χ1v) is 7.62. The second-order valence-electron chi connectivity index (χ2n) is 5.34. The molecule has 0 saturated heterocycles. The topological polar surface area (TPSA) is 70.2 Å². The van der Waals surface area contributed by atoms with Crippen molar-refractivity contribution in [2.75, 3.05) is 39.0 Å². The molecule has 21 heavy (non-hydrogen) atoms. The van der Waals surface area contributed by atoms with Crippen molar-refractivity contribution < 1.29 is 4.79 Å². The monoisotopic (exact) mass is 293 g/mol. The van der Waals surface area contributed by atoms with Gasteiger partial charge in [-0.05, 0) is 33.5 Å². The van der Waals surface area contributed by atoms with Crippen LogP contribution in [0.5, 0.6) is 0 Å². The van der Waals surface area contributed by atoms with Gasteiger partial charge in [-0.25, -0.2) is 9.97 Å². The van der Waals surface area contributed by atoms with Crippen molar-refractivity contribution in [2.24, 2.45) is 0 Å². The summed E-state index contributed by atoms with van der Waals surface area (Å²) in [5.74, 6) is 0.562. The zero-order valence-electron chi connectivity index (χ0n) is 13.4. The van der Waals surface area contributed by atoms with Crippen LogP contribution in [0.1, 0.15) is 43.1 Å². The first-order valence-electron chi connectivity index (χ1n) is 7.62. The second kappa shape index (κ2) is 10.1. The summed E-state index contributed by atoms with van der Waals surface area (Å²) in [7, 11) is 4.09. The van der Waals surface area contributed by atoms with E-state index in [1.165, 1.54) is 6.33 Å². The number of carbonyl (C=O) groups excluding carboxylic acids is 1. The van der Waals surface area contributed by atoms with Gasteiger partial charge in [0.05, 0.1) is 0 Å². The molecular formula is C15H27N5O. The van der Waals surface area contributed by atoms with Crippen LogP contribution in [-0.2, 0) is 0 Å².